The zero-order chi connectivity index (χ0) is 14.7. The normalized spacial score (nSPS) is 12.4. The second-order valence-corrected chi connectivity index (χ2v) is 5.15. The lowest BCUT2D eigenvalue weighted by Crippen LogP contribution is -2.23. The standard InChI is InChI=1S/C14H21N5O/c1-10-9-11(2)19(17-10)14-6-5-13(15-16-14)18(4)8-7-12(3)20/h5-6,9,12,20H,7-8H2,1-4H3/t12-/m1/s1. The molecule has 0 aliphatic rings. The molecule has 0 amide bonds. The van der Waals surface area contributed by atoms with Gasteiger partial charge in [-0.15, -0.1) is 10.2 Å². The zero-order valence-corrected chi connectivity index (χ0v) is 12.4. The molecular weight excluding hydrogens is 254 g/mol. The molecule has 0 aliphatic carbocycles. The first kappa shape index (κ1) is 14.5. The van der Waals surface area contributed by atoms with Gasteiger partial charge < -0.3 is 10.0 Å². The molecule has 6 heteroatoms. The van der Waals surface area contributed by atoms with Gasteiger partial charge in [0.15, 0.2) is 11.6 Å². The van der Waals surface area contributed by atoms with Gasteiger partial charge in [-0.3, -0.25) is 0 Å². The van der Waals surface area contributed by atoms with Crippen LogP contribution >= 0.6 is 0 Å². The summed E-state index contributed by atoms with van der Waals surface area (Å²) in [5.74, 6) is 1.50. The zero-order valence-electron chi connectivity index (χ0n) is 12.4. The van der Waals surface area contributed by atoms with Gasteiger partial charge in [-0.1, -0.05) is 0 Å². The monoisotopic (exact) mass is 275 g/mol. The van der Waals surface area contributed by atoms with E-state index in [4.69, 9.17) is 0 Å². The summed E-state index contributed by atoms with van der Waals surface area (Å²) in [5.41, 5.74) is 1.99. The Labute approximate surface area is 119 Å². The van der Waals surface area contributed by atoms with Gasteiger partial charge in [0.1, 0.15) is 0 Å². The summed E-state index contributed by atoms with van der Waals surface area (Å²) in [4.78, 5) is 1.98. The number of anilines is 1. The molecule has 1 atom stereocenters. The van der Waals surface area contributed by atoms with Crippen molar-refractivity contribution < 1.29 is 5.11 Å². The maximum atomic E-state index is 9.30. The number of rotatable bonds is 5. The van der Waals surface area contributed by atoms with Gasteiger partial charge in [-0.25, -0.2) is 4.68 Å². The number of hydrogen-bond acceptors (Lipinski definition) is 5. The molecule has 2 aromatic rings. The van der Waals surface area contributed by atoms with E-state index in [9.17, 15) is 5.11 Å². The van der Waals surface area contributed by atoms with E-state index >= 15 is 0 Å². The topological polar surface area (TPSA) is 67.1 Å². The second kappa shape index (κ2) is 6.00. The number of aromatic nitrogens is 4. The summed E-state index contributed by atoms with van der Waals surface area (Å²) in [7, 11) is 1.94. The van der Waals surface area contributed by atoms with Crippen molar-refractivity contribution in [3.63, 3.8) is 0 Å². The van der Waals surface area contributed by atoms with Crippen LogP contribution in [0.2, 0.25) is 0 Å². The van der Waals surface area contributed by atoms with Crippen LogP contribution in [0.4, 0.5) is 5.82 Å². The first-order valence-electron chi connectivity index (χ1n) is 6.74. The van der Waals surface area contributed by atoms with Gasteiger partial charge in [-0.05, 0) is 45.4 Å². The van der Waals surface area contributed by atoms with Crippen LogP contribution in [0.25, 0.3) is 5.82 Å². The highest BCUT2D eigenvalue weighted by Gasteiger charge is 2.08. The van der Waals surface area contributed by atoms with E-state index in [1.54, 1.807) is 11.6 Å². The van der Waals surface area contributed by atoms with Crippen LogP contribution in [0.1, 0.15) is 24.7 Å². The molecule has 0 aromatic carbocycles. The molecule has 20 heavy (non-hydrogen) atoms. The Balaban J connectivity index is 2.12. The molecule has 0 spiro atoms. The summed E-state index contributed by atoms with van der Waals surface area (Å²) in [6.45, 7) is 6.47. The Kier molecular flexibility index (Phi) is 4.34. The van der Waals surface area contributed by atoms with Crippen LogP contribution in [0, 0.1) is 13.8 Å². The predicted molar refractivity (Wildman–Crippen MR) is 78.2 cm³/mol. The smallest absolute Gasteiger partial charge is 0.176 e. The molecule has 6 nitrogen and oxygen atoms in total. The molecule has 0 fully saturated rings. The minimum atomic E-state index is -0.306. The van der Waals surface area contributed by atoms with Crippen molar-refractivity contribution in [3.8, 4) is 5.82 Å². The van der Waals surface area contributed by atoms with Crippen molar-refractivity contribution in [1.29, 1.82) is 0 Å². The molecule has 2 aromatic heterocycles. The van der Waals surface area contributed by atoms with Gasteiger partial charge in [0, 0.05) is 19.3 Å². The van der Waals surface area contributed by atoms with Gasteiger partial charge in [0.25, 0.3) is 0 Å². The van der Waals surface area contributed by atoms with Gasteiger partial charge in [0.2, 0.25) is 0 Å². The van der Waals surface area contributed by atoms with E-state index in [2.05, 4.69) is 15.3 Å². The highest BCUT2D eigenvalue weighted by atomic mass is 16.3. The molecule has 0 saturated carbocycles. The summed E-state index contributed by atoms with van der Waals surface area (Å²) in [6.07, 6.45) is 0.400. The average Bonchev–Trinajstić information content (AvgIpc) is 2.75. The number of nitrogens with zero attached hydrogens (tertiary/aromatic N) is 5. The van der Waals surface area contributed by atoms with Crippen LogP contribution < -0.4 is 4.90 Å². The number of hydrogen-bond donors (Lipinski definition) is 1. The van der Waals surface area contributed by atoms with Crippen molar-refractivity contribution in [2.75, 3.05) is 18.5 Å². The van der Waals surface area contributed by atoms with E-state index < -0.39 is 0 Å². The second-order valence-electron chi connectivity index (χ2n) is 5.15. The third-order valence-corrected chi connectivity index (χ3v) is 3.14. The summed E-state index contributed by atoms with van der Waals surface area (Å²) in [6, 6.07) is 5.83. The van der Waals surface area contributed by atoms with E-state index in [1.165, 1.54) is 0 Å². The van der Waals surface area contributed by atoms with Crippen molar-refractivity contribution >= 4 is 5.82 Å². The number of aliphatic hydroxyl groups excluding tert-OH is 1. The Bertz CT molecular complexity index is 561. The number of aliphatic hydroxyl groups is 1. The fourth-order valence-corrected chi connectivity index (χ4v) is 1.99. The summed E-state index contributed by atoms with van der Waals surface area (Å²) >= 11 is 0. The molecule has 0 saturated heterocycles. The molecule has 1 N–H and O–H groups in total. The maximum absolute atomic E-state index is 9.30. The minimum Gasteiger partial charge on any atom is -0.393 e. The first-order valence-corrected chi connectivity index (χ1v) is 6.74. The third-order valence-electron chi connectivity index (χ3n) is 3.14. The molecule has 108 valence electrons. The first-order chi connectivity index (χ1) is 9.47. The predicted octanol–water partition coefficient (Wildman–Crippen LogP) is 1.49. The van der Waals surface area contributed by atoms with E-state index in [0.29, 0.717) is 12.2 Å². The third kappa shape index (κ3) is 3.33. The van der Waals surface area contributed by atoms with Gasteiger partial charge >= 0.3 is 0 Å². The minimum absolute atomic E-state index is 0.306. The fourth-order valence-electron chi connectivity index (χ4n) is 1.99. The Hall–Kier alpha value is -1.95. The molecule has 0 radical (unpaired) electrons. The van der Waals surface area contributed by atoms with Crippen molar-refractivity contribution in [1.82, 2.24) is 20.0 Å². The quantitative estimate of drug-likeness (QED) is 0.895. The van der Waals surface area contributed by atoms with Crippen LogP contribution in [0.3, 0.4) is 0 Å². The van der Waals surface area contributed by atoms with Gasteiger partial charge in [-0.2, -0.15) is 5.10 Å². The van der Waals surface area contributed by atoms with Crippen LogP contribution in [0.5, 0.6) is 0 Å². The molecular formula is C14H21N5O. The van der Waals surface area contributed by atoms with Crippen LogP contribution in [-0.4, -0.2) is 44.8 Å². The highest BCUT2D eigenvalue weighted by molar-refractivity contribution is 5.39. The lowest BCUT2D eigenvalue weighted by Gasteiger charge is -2.18. The van der Waals surface area contributed by atoms with Gasteiger partial charge in [0.05, 0.1) is 11.8 Å². The Morgan fingerprint density at radius 1 is 1.30 bits per heavy atom. The van der Waals surface area contributed by atoms with Crippen LogP contribution in [-0.2, 0) is 0 Å². The molecule has 2 rings (SSSR count). The lowest BCUT2D eigenvalue weighted by atomic mass is 10.3. The summed E-state index contributed by atoms with van der Waals surface area (Å²) < 4.78 is 1.78. The average molecular weight is 275 g/mol. The number of aryl methyl sites for hydroxylation is 2. The van der Waals surface area contributed by atoms with Crippen molar-refractivity contribution in [2.45, 2.75) is 33.3 Å². The highest BCUT2D eigenvalue weighted by Crippen LogP contribution is 2.13. The van der Waals surface area contributed by atoms with E-state index in [0.717, 1.165) is 23.8 Å². The van der Waals surface area contributed by atoms with E-state index in [1.807, 2.05) is 44.0 Å². The Morgan fingerprint density at radius 2 is 2.05 bits per heavy atom. The van der Waals surface area contributed by atoms with Crippen molar-refractivity contribution in [3.05, 3.63) is 29.6 Å². The fraction of sp³-hybridized carbons (Fsp3) is 0.500. The molecule has 0 unspecified atom stereocenters. The summed E-state index contributed by atoms with van der Waals surface area (Å²) in [5, 5.41) is 22.1. The maximum Gasteiger partial charge on any atom is 0.176 e. The van der Waals surface area contributed by atoms with Crippen LogP contribution in [0.15, 0.2) is 18.2 Å². The SMILES string of the molecule is Cc1cc(C)n(-c2ccc(N(C)CC[C@@H](C)O)nn2)n1. The molecule has 0 bridgehead atoms. The Morgan fingerprint density at radius 3 is 2.55 bits per heavy atom. The largest absolute Gasteiger partial charge is 0.393 e. The molecule has 0 aliphatic heterocycles. The van der Waals surface area contributed by atoms with Crippen molar-refractivity contribution in [2.24, 2.45) is 0 Å². The molecule has 2 heterocycles. The lowest BCUT2D eigenvalue weighted by molar-refractivity contribution is 0.187. The van der Waals surface area contributed by atoms with E-state index in [-0.39, 0.29) is 6.10 Å².